The Morgan fingerprint density at radius 1 is 1.28 bits per heavy atom. The topological polar surface area (TPSA) is 95.0 Å². The van der Waals surface area contributed by atoms with E-state index in [1.54, 1.807) is 6.07 Å². The lowest BCUT2D eigenvalue weighted by atomic mass is 9.68. The molecule has 1 aromatic heterocycles. The summed E-state index contributed by atoms with van der Waals surface area (Å²) in [5, 5.41) is 23.4. The number of piperidine rings is 1. The number of carbonyl (C=O) groups is 1. The molecule has 2 heterocycles. The molecule has 2 atom stereocenters. The minimum atomic E-state index is -0.871. The number of rotatable bonds is 5. The molecule has 3 aromatic rings. The van der Waals surface area contributed by atoms with Gasteiger partial charge in [0.05, 0.1) is 5.56 Å². The van der Waals surface area contributed by atoms with Gasteiger partial charge in [-0.05, 0) is 52.8 Å². The molecule has 1 aliphatic heterocycles. The van der Waals surface area contributed by atoms with Gasteiger partial charge in [0.15, 0.2) is 0 Å². The molecule has 29 heavy (non-hydrogen) atoms. The largest absolute Gasteiger partial charge is 0.478 e. The van der Waals surface area contributed by atoms with Gasteiger partial charge < -0.3 is 5.11 Å². The van der Waals surface area contributed by atoms with Crippen LogP contribution in [0.5, 0.6) is 0 Å². The number of tetrazole rings is 1. The van der Waals surface area contributed by atoms with Crippen molar-refractivity contribution in [2.45, 2.75) is 32.2 Å². The molecule has 1 fully saturated rings. The average Bonchev–Trinajstić information content (AvgIpc) is 3.26. The van der Waals surface area contributed by atoms with E-state index in [2.05, 4.69) is 57.6 Å². The highest BCUT2D eigenvalue weighted by Gasteiger charge is 2.38. The zero-order valence-electron chi connectivity index (χ0n) is 16.7. The van der Waals surface area contributed by atoms with Crippen LogP contribution >= 0.6 is 0 Å². The third-order valence-electron chi connectivity index (χ3n) is 6.30. The number of nitrogens with zero attached hydrogens (tertiary/aromatic N) is 4. The Labute approximate surface area is 169 Å². The van der Waals surface area contributed by atoms with E-state index in [0.717, 1.165) is 37.2 Å². The molecule has 0 bridgehead atoms. The molecule has 0 spiro atoms. The summed E-state index contributed by atoms with van der Waals surface area (Å²) in [5.41, 5.74) is 3.65. The van der Waals surface area contributed by atoms with Gasteiger partial charge in [-0.15, -0.1) is 10.2 Å². The van der Waals surface area contributed by atoms with E-state index in [-0.39, 0.29) is 5.41 Å². The first-order chi connectivity index (χ1) is 14.0. The van der Waals surface area contributed by atoms with Crippen LogP contribution in [0.3, 0.4) is 0 Å². The second-order valence-electron chi connectivity index (χ2n) is 8.12. The van der Waals surface area contributed by atoms with Crippen LogP contribution in [-0.4, -0.2) is 49.7 Å². The number of aromatic nitrogens is 4. The Morgan fingerprint density at radius 3 is 2.72 bits per heavy atom. The van der Waals surface area contributed by atoms with Crippen molar-refractivity contribution in [2.24, 2.45) is 5.92 Å². The van der Waals surface area contributed by atoms with E-state index in [4.69, 9.17) is 0 Å². The van der Waals surface area contributed by atoms with E-state index in [9.17, 15) is 9.90 Å². The molecule has 0 amide bonds. The summed E-state index contributed by atoms with van der Waals surface area (Å²) in [6, 6.07) is 15.7. The molecule has 2 N–H and O–H groups in total. The molecule has 0 radical (unpaired) electrons. The molecule has 0 aliphatic carbocycles. The zero-order chi connectivity index (χ0) is 20.4. The molecule has 0 unspecified atom stereocenters. The summed E-state index contributed by atoms with van der Waals surface area (Å²) in [5.74, 6) is 0.145. The lowest BCUT2D eigenvalue weighted by molar-refractivity contribution is 0.0696. The third kappa shape index (κ3) is 3.91. The molecular weight excluding hydrogens is 366 g/mol. The highest BCUT2D eigenvalue weighted by Crippen LogP contribution is 2.40. The quantitative estimate of drug-likeness (QED) is 0.692. The van der Waals surface area contributed by atoms with Crippen molar-refractivity contribution in [3.63, 3.8) is 0 Å². The average molecular weight is 391 g/mol. The van der Waals surface area contributed by atoms with Gasteiger partial charge in [-0.1, -0.05) is 50.2 Å². The number of hydrogen-bond acceptors (Lipinski definition) is 5. The van der Waals surface area contributed by atoms with Gasteiger partial charge in [0, 0.05) is 18.7 Å². The predicted octanol–water partition coefficient (Wildman–Crippen LogP) is 3.36. The Kier molecular flexibility index (Phi) is 5.15. The Hall–Kier alpha value is -3.06. The molecule has 1 saturated heterocycles. The predicted molar refractivity (Wildman–Crippen MR) is 109 cm³/mol. The van der Waals surface area contributed by atoms with Crippen molar-refractivity contribution >= 4 is 5.97 Å². The van der Waals surface area contributed by atoms with Crippen LogP contribution in [0.25, 0.3) is 11.4 Å². The number of carboxylic acid groups (broad SMARTS) is 1. The van der Waals surface area contributed by atoms with Crippen molar-refractivity contribution in [3.05, 3.63) is 65.2 Å². The number of nitrogens with one attached hydrogen (secondary N) is 1. The SMILES string of the molecule is C[C@H]1CN(Cc2ccc(-c3nn[nH]n3)cc2)CC[C@@]1(C)c1cccc(C(=O)O)c1. The number of carboxylic acids is 1. The molecule has 150 valence electrons. The number of aromatic carboxylic acids is 1. The maximum Gasteiger partial charge on any atom is 0.335 e. The van der Waals surface area contributed by atoms with Gasteiger partial charge in [-0.2, -0.15) is 5.21 Å². The maximum atomic E-state index is 11.4. The lowest BCUT2D eigenvalue weighted by Crippen LogP contribution is -2.47. The minimum Gasteiger partial charge on any atom is -0.478 e. The Morgan fingerprint density at radius 2 is 2.07 bits per heavy atom. The van der Waals surface area contributed by atoms with Crippen molar-refractivity contribution in [2.75, 3.05) is 13.1 Å². The van der Waals surface area contributed by atoms with Crippen molar-refractivity contribution < 1.29 is 9.90 Å². The van der Waals surface area contributed by atoms with E-state index < -0.39 is 5.97 Å². The summed E-state index contributed by atoms with van der Waals surface area (Å²) < 4.78 is 0. The summed E-state index contributed by atoms with van der Waals surface area (Å²) in [6.45, 7) is 7.36. The Bertz CT molecular complexity index is 987. The van der Waals surface area contributed by atoms with Crippen molar-refractivity contribution in [3.8, 4) is 11.4 Å². The van der Waals surface area contributed by atoms with Crippen LogP contribution in [0, 0.1) is 5.92 Å². The number of aromatic amines is 1. The van der Waals surface area contributed by atoms with Crippen molar-refractivity contribution in [1.82, 2.24) is 25.5 Å². The van der Waals surface area contributed by atoms with E-state index in [1.807, 2.05) is 24.3 Å². The molecule has 4 rings (SSSR count). The van der Waals surface area contributed by atoms with Gasteiger partial charge in [0.2, 0.25) is 5.82 Å². The van der Waals surface area contributed by atoms with Crippen LogP contribution in [0.1, 0.15) is 41.8 Å². The number of H-pyrrole nitrogens is 1. The van der Waals surface area contributed by atoms with E-state index in [1.165, 1.54) is 5.56 Å². The van der Waals surface area contributed by atoms with E-state index in [0.29, 0.717) is 17.3 Å². The van der Waals surface area contributed by atoms with Crippen LogP contribution < -0.4 is 0 Å². The van der Waals surface area contributed by atoms with Crippen LogP contribution in [0.4, 0.5) is 0 Å². The normalized spacial score (nSPS) is 22.5. The fourth-order valence-corrected chi connectivity index (χ4v) is 4.20. The molecule has 7 heteroatoms. The first kappa shape index (κ1) is 19.3. The summed E-state index contributed by atoms with van der Waals surface area (Å²) >= 11 is 0. The fourth-order valence-electron chi connectivity index (χ4n) is 4.20. The molecular formula is C22H25N5O2. The standard InChI is InChI=1S/C22H25N5O2/c1-15-13-27(14-16-6-8-17(9-7-16)20-23-25-26-24-20)11-10-22(15,2)19-5-3-4-18(12-19)21(28)29/h3-9,12,15H,10-11,13-14H2,1-2H3,(H,28,29)(H,23,24,25,26)/t15-,22+/m0/s1. The Balaban J connectivity index is 1.43. The van der Waals surface area contributed by atoms with Crippen LogP contribution in [-0.2, 0) is 12.0 Å². The highest BCUT2D eigenvalue weighted by atomic mass is 16.4. The first-order valence-electron chi connectivity index (χ1n) is 9.84. The second kappa shape index (κ2) is 7.75. The molecule has 2 aromatic carbocycles. The monoisotopic (exact) mass is 391 g/mol. The molecule has 1 aliphatic rings. The highest BCUT2D eigenvalue weighted by molar-refractivity contribution is 5.87. The summed E-state index contributed by atoms with van der Waals surface area (Å²) in [7, 11) is 0. The third-order valence-corrected chi connectivity index (χ3v) is 6.30. The molecule has 0 saturated carbocycles. The zero-order valence-corrected chi connectivity index (χ0v) is 16.7. The van der Waals surface area contributed by atoms with Crippen molar-refractivity contribution in [1.29, 1.82) is 0 Å². The lowest BCUT2D eigenvalue weighted by Gasteiger charge is -2.45. The van der Waals surface area contributed by atoms with Gasteiger partial charge >= 0.3 is 5.97 Å². The number of hydrogen-bond donors (Lipinski definition) is 2. The van der Waals surface area contributed by atoms with E-state index >= 15 is 0 Å². The van der Waals surface area contributed by atoms with Gasteiger partial charge in [0.1, 0.15) is 0 Å². The van der Waals surface area contributed by atoms with Crippen LogP contribution in [0.2, 0.25) is 0 Å². The summed E-state index contributed by atoms with van der Waals surface area (Å²) in [4.78, 5) is 13.8. The number of likely N-dealkylation sites (tertiary alicyclic amines) is 1. The molecule has 7 nitrogen and oxygen atoms in total. The first-order valence-corrected chi connectivity index (χ1v) is 9.84. The second-order valence-corrected chi connectivity index (χ2v) is 8.12. The number of benzene rings is 2. The van der Waals surface area contributed by atoms with Gasteiger partial charge in [-0.25, -0.2) is 4.79 Å². The fraction of sp³-hybridized carbons (Fsp3) is 0.364. The minimum absolute atomic E-state index is 0.0234. The summed E-state index contributed by atoms with van der Waals surface area (Å²) in [6.07, 6.45) is 0.998. The van der Waals surface area contributed by atoms with Gasteiger partial charge in [0.25, 0.3) is 0 Å². The smallest absolute Gasteiger partial charge is 0.335 e. The maximum absolute atomic E-state index is 11.4. The van der Waals surface area contributed by atoms with Gasteiger partial charge in [-0.3, -0.25) is 4.90 Å². The van der Waals surface area contributed by atoms with Crippen LogP contribution in [0.15, 0.2) is 48.5 Å².